The van der Waals surface area contributed by atoms with E-state index in [9.17, 15) is 0 Å². The van der Waals surface area contributed by atoms with E-state index < -0.39 is 0 Å². The number of halogens is 1. The molecule has 0 saturated carbocycles. The molecule has 0 aliphatic carbocycles. The van der Waals surface area contributed by atoms with E-state index in [4.69, 9.17) is 22.7 Å². The van der Waals surface area contributed by atoms with Crippen molar-refractivity contribution in [1.82, 2.24) is 0 Å². The average molecular weight is 226 g/mol. The maximum atomic E-state index is 7.46. The molecule has 0 saturated heterocycles. The lowest BCUT2D eigenvalue weighted by Gasteiger charge is -2.24. The van der Waals surface area contributed by atoms with Crippen LogP contribution in [-0.4, -0.2) is 11.4 Å². The third-order valence-electron chi connectivity index (χ3n) is 1.78. The lowest BCUT2D eigenvalue weighted by Crippen LogP contribution is -2.28. The number of hydrogen-bond acceptors (Lipinski definition) is 2. The Morgan fingerprint density at radius 1 is 1.40 bits per heavy atom. The summed E-state index contributed by atoms with van der Waals surface area (Å²) in [5.74, 6) is 0.0178. The fraction of sp³-hybridized carbons (Fsp3) is 0.364. The molecule has 4 N–H and O–H groups in total. The summed E-state index contributed by atoms with van der Waals surface area (Å²) in [5.41, 5.74) is 6.88. The van der Waals surface area contributed by atoms with Gasteiger partial charge < -0.3 is 11.1 Å². The van der Waals surface area contributed by atoms with Crippen LogP contribution in [0.3, 0.4) is 0 Å². The minimum Gasteiger partial charge on any atom is -0.384 e. The zero-order chi connectivity index (χ0) is 11.6. The average Bonchev–Trinajstić information content (AvgIpc) is 2.05. The number of benzene rings is 1. The molecule has 0 aromatic heterocycles. The Morgan fingerprint density at radius 3 is 2.47 bits per heavy atom. The van der Waals surface area contributed by atoms with Gasteiger partial charge in [0.2, 0.25) is 0 Å². The molecule has 4 heteroatoms. The first-order chi connectivity index (χ1) is 6.79. The summed E-state index contributed by atoms with van der Waals surface area (Å²) >= 11 is 5.85. The molecule has 82 valence electrons. The third-order valence-corrected chi connectivity index (χ3v) is 2.02. The van der Waals surface area contributed by atoms with E-state index in [0.29, 0.717) is 10.6 Å². The molecule has 3 nitrogen and oxygen atoms in total. The van der Waals surface area contributed by atoms with Crippen molar-refractivity contribution in [2.24, 2.45) is 5.73 Å². The molecule has 0 heterocycles. The number of nitrogen functional groups attached to an aromatic ring is 1. The topological polar surface area (TPSA) is 61.9 Å². The van der Waals surface area contributed by atoms with Gasteiger partial charge in [-0.2, -0.15) is 0 Å². The van der Waals surface area contributed by atoms with Crippen LogP contribution in [0.2, 0.25) is 5.02 Å². The smallest absolute Gasteiger partial charge is 0.124 e. The number of nitrogens with two attached hydrogens (primary N) is 1. The van der Waals surface area contributed by atoms with E-state index in [1.54, 1.807) is 12.1 Å². The summed E-state index contributed by atoms with van der Waals surface area (Å²) in [7, 11) is 0. The summed E-state index contributed by atoms with van der Waals surface area (Å²) in [6.45, 7) is 6.14. The van der Waals surface area contributed by atoms with Crippen LogP contribution in [0, 0.1) is 5.41 Å². The monoisotopic (exact) mass is 225 g/mol. The highest BCUT2D eigenvalue weighted by molar-refractivity contribution is 6.31. The fourth-order valence-corrected chi connectivity index (χ4v) is 1.42. The van der Waals surface area contributed by atoms with Crippen LogP contribution in [0.25, 0.3) is 0 Å². The van der Waals surface area contributed by atoms with Crippen LogP contribution in [0.15, 0.2) is 18.2 Å². The van der Waals surface area contributed by atoms with E-state index in [0.717, 1.165) is 5.69 Å². The van der Waals surface area contributed by atoms with Gasteiger partial charge in [-0.15, -0.1) is 0 Å². The molecule has 0 radical (unpaired) electrons. The Morgan fingerprint density at radius 2 is 2.00 bits per heavy atom. The van der Waals surface area contributed by atoms with Crippen LogP contribution in [0.4, 0.5) is 5.69 Å². The van der Waals surface area contributed by atoms with Crippen LogP contribution in [-0.2, 0) is 0 Å². The first-order valence-electron chi connectivity index (χ1n) is 4.72. The summed E-state index contributed by atoms with van der Waals surface area (Å²) in [6.07, 6.45) is 0. The largest absolute Gasteiger partial charge is 0.384 e. The standard InChI is InChI=1S/C11H16ClN3/c1-11(2,3)15-9-5-4-7(12)6-8(9)10(13)14/h4-6,15H,1-3H3,(H3,13,14). The highest BCUT2D eigenvalue weighted by Gasteiger charge is 2.13. The summed E-state index contributed by atoms with van der Waals surface area (Å²) in [5, 5.41) is 11.3. The minimum absolute atomic E-state index is 0.0178. The normalized spacial score (nSPS) is 11.2. The predicted octanol–water partition coefficient (Wildman–Crippen LogP) is 2.83. The van der Waals surface area contributed by atoms with Crippen molar-refractivity contribution in [2.45, 2.75) is 26.3 Å². The van der Waals surface area contributed by atoms with Crippen molar-refractivity contribution in [1.29, 1.82) is 5.41 Å². The predicted molar refractivity (Wildman–Crippen MR) is 65.8 cm³/mol. The Bertz CT molecular complexity index is 380. The van der Waals surface area contributed by atoms with Gasteiger partial charge in [0.15, 0.2) is 0 Å². The second-order valence-electron chi connectivity index (χ2n) is 4.48. The van der Waals surface area contributed by atoms with Gasteiger partial charge in [0.25, 0.3) is 0 Å². The lowest BCUT2D eigenvalue weighted by molar-refractivity contribution is 0.634. The van der Waals surface area contributed by atoms with E-state index in [-0.39, 0.29) is 11.4 Å². The van der Waals surface area contributed by atoms with Gasteiger partial charge in [-0.1, -0.05) is 11.6 Å². The molecule has 1 rings (SSSR count). The summed E-state index contributed by atoms with van der Waals surface area (Å²) in [4.78, 5) is 0. The third kappa shape index (κ3) is 3.44. The van der Waals surface area contributed by atoms with E-state index in [2.05, 4.69) is 5.32 Å². The minimum atomic E-state index is -0.0714. The maximum absolute atomic E-state index is 7.46. The van der Waals surface area contributed by atoms with E-state index in [1.807, 2.05) is 26.8 Å². The highest BCUT2D eigenvalue weighted by atomic mass is 35.5. The molecule has 0 unspecified atom stereocenters. The molecule has 0 fully saturated rings. The van der Waals surface area contributed by atoms with Gasteiger partial charge in [-0.05, 0) is 39.0 Å². The molecule has 0 spiro atoms. The van der Waals surface area contributed by atoms with E-state index in [1.165, 1.54) is 0 Å². The van der Waals surface area contributed by atoms with Gasteiger partial charge in [0.05, 0.1) is 0 Å². The molecular formula is C11H16ClN3. The molecule has 1 aromatic carbocycles. The summed E-state index contributed by atoms with van der Waals surface area (Å²) in [6, 6.07) is 5.31. The maximum Gasteiger partial charge on any atom is 0.124 e. The quantitative estimate of drug-likeness (QED) is 0.536. The second kappa shape index (κ2) is 4.11. The first-order valence-corrected chi connectivity index (χ1v) is 5.09. The van der Waals surface area contributed by atoms with Crippen LogP contribution < -0.4 is 11.1 Å². The molecule has 15 heavy (non-hydrogen) atoms. The molecule has 0 aliphatic heterocycles. The second-order valence-corrected chi connectivity index (χ2v) is 4.92. The molecule has 1 aromatic rings. The van der Waals surface area contributed by atoms with Crippen molar-refractivity contribution >= 4 is 23.1 Å². The van der Waals surface area contributed by atoms with Gasteiger partial charge in [-0.3, -0.25) is 5.41 Å². The van der Waals surface area contributed by atoms with Crippen molar-refractivity contribution < 1.29 is 0 Å². The fourth-order valence-electron chi connectivity index (χ4n) is 1.25. The Kier molecular flexibility index (Phi) is 3.25. The highest BCUT2D eigenvalue weighted by Crippen LogP contribution is 2.23. The molecular weight excluding hydrogens is 210 g/mol. The number of nitrogens with one attached hydrogen (secondary N) is 2. The van der Waals surface area contributed by atoms with Crippen molar-refractivity contribution in [3.05, 3.63) is 28.8 Å². The number of amidine groups is 1. The van der Waals surface area contributed by atoms with Gasteiger partial charge >= 0.3 is 0 Å². The number of rotatable bonds is 2. The van der Waals surface area contributed by atoms with Crippen LogP contribution >= 0.6 is 11.6 Å². The molecule has 0 bridgehead atoms. The van der Waals surface area contributed by atoms with Gasteiger partial charge in [0.1, 0.15) is 5.84 Å². The Labute approximate surface area is 95.1 Å². The van der Waals surface area contributed by atoms with Crippen molar-refractivity contribution in [3.63, 3.8) is 0 Å². The van der Waals surface area contributed by atoms with Crippen LogP contribution in [0.5, 0.6) is 0 Å². The summed E-state index contributed by atoms with van der Waals surface area (Å²) < 4.78 is 0. The zero-order valence-electron chi connectivity index (χ0n) is 9.19. The van der Waals surface area contributed by atoms with Gasteiger partial charge in [0, 0.05) is 21.8 Å². The molecule has 0 atom stereocenters. The van der Waals surface area contributed by atoms with Gasteiger partial charge in [-0.25, -0.2) is 0 Å². The molecule has 0 amide bonds. The van der Waals surface area contributed by atoms with E-state index >= 15 is 0 Å². The lowest BCUT2D eigenvalue weighted by atomic mass is 10.1. The van der Waals surface area contributed by atoms with Crippen molar-refractivity contribution in [3.8, 4) is 0 Å². The van der Waals surface area contributed by atoms with Crippen molar-refractivity contribution in [2.75, 3.05) is 5.32 Å². The van der Waals surface area contributed by atoms with Crippen LogP contribution in [0.1, 0.15) is 26.3 Å². The SMILES string of the molecule is CC(C)(C)Nc1ccc(Cl)cc1C(=N)N. The first kappa shape index (κ1) is 11.9. The number of hydrogen-bond donors (Lipinski definition) is 3. The molecule has 0 aliphatic rings. The zero-order valence-corrected chi connectivity index (χ0v) is 9.94. The number of anilines is 1. The Hall–Kier alpha value is -1.22. The Balaban J connectivity index is 3.12.